The number of unbranched alkanes of at least 4 members (excludes halogenated alkanes) is 46. The lowest BCUT2D eigenvalue weighted by Crippen LogP contribution is -2.54. The van der Waals surface area contributed by atoms with Gasteiger partial charge in [0.2, 0.25) is 0 Å². The Morgan fingerprint density at radius 1 is 0.306 bits per heavy atom. The maximum Gasteiger partial charge on any atom is 0.262 e. The molecule has 0 bridgehead atoms. The Morgan fingerprint density at radius 3 is 0.973 bits per heavy atom. The number of carbonyl (C=O) groups is 4. The van der Waals surface area contributed by atoms with Gasteiger partial charge in [0.1, 0.15) is 8.07 Å². The molecule has 0 radical (unpaired) electrons. The van der Waals surface area contributed by atoms with Gasteiger partial charge in [-0.3, -0.25) is 38.9 Å². The lowest BCUT2D eigenvalue weighted by molar-refractivity contribution is 0.0562. The molecule has 3 aliphatic rings. The van der Waals surface area contributed by atoms with E-state index in [0.29, 0.717) is 51.6 Å². The first-order valence-electron chi connectivity index (χ1n) is 47.4. The number of nitrogens with zero attached hydrogens (tertiary/aromatic N) is 4. The molecule has 3 aliphatic heterocycles. The fraction of sp³-hybridized carbons (Fsp3) is 0.700. The van der Waals surface area contributed by atoms with Crippen molar-refractivity contribution in [2.45, 2.75) is 427 Å². The SMILES string of the molecule is CCCCCCCCCCCCC(CCCCCCCCCC)CN1C(=O)c2cnc3c4c(-c5cc6c(s5)-c5sc(C)cc5[Si]6(CCCCCCCCCC)CCCCCCCCCC)cc5c6c(cnc(c7c(C)cc(c2c37)C1=O)c64)C(=O)N(CC(CCCCCCCCCC)CCCCCCCCCCCC)C5=O. The molecule has 0 N–H and O–H groups in total. The molecule has 612 valence electrons. The number of aryl methyl sites for hydroxylation is 2. The minimum Gasteiger partial charge on any atom is -0.274 e. The van der Waals surface area contributed by atoms with Crippen LogP contribution in [0.3, 0.4) is 0 Å². The number of amides is 4. The molecule has 11 heteroatoms. The first-order valence-corrected chi connectivity index (χ1v) is 51.5. The highest BCUT2D eigenvalue weighted by molar-refractivity contribution is 7.30. The van der Waals surface area contributed by atoms with E-state index < -0.39 is 8.07 Å². The van der Waals surface area contributed by atoms with Gasteiger partial charge in [-0.1, -0.05) is 375 Å². The highest BCUT2D eigenvalue weighted by Gasteiger charge is 2.48. The number of pyridine rings is 2. The molecule has 7 aromatic rings. The third-order valence-electron chi connectivity index (χ3n) is 26.6. The van der Waals surface area contributed by atoms with Gasteiger partial charge in [0.15, 0.2) is 0 Å². The number of carbonyl (C=O) groups excluding carboxylic acids is 4. The van der Waals surface area contributed by atoms with E-state index >= 15 is 19.2 Å². The van der Waals surface area contributed by atoms with Gasteiger partial charge in [-0.15, -0.1) is 22.7 Å². The predicted octanol–water partition coefficient (Wildman–Crippen LogP) is 30.9. The number of benzene rings is 3. The standard InChI is InChI=1S/C100H152N4O4S2Si/c1-9-15-21-27-33-39-41-45-51-57-62-77(61-55-49-43-35-29-23-17-11-3)73-103-97(105)80-67-75(7)87-91-88(80)82(99(103)107)72-102-94(91)90-79(84-70-86-96(110-84)95-85(68-76(8)109-95)111(86,65-59-53-47-37-31-25-19-13-5)66-60-54-48-38-32-26-20-14-6)69-81-89-83(71-101-93(87)92(89)90)100(108)104(98(81)106)74-78(63-56-50-44-36-30-24-18-12-4)64-58-52-46-42-40-34-28-22-16-10-2/h67-72,77-78H,9-66,73-74H2,1-8H3. The Kier molecular flexibility index (Phi) is 37.8. The summed E-state index contributed by atoms with van der Waals surface area (Å²) in [7, 11) is -2.33. The van der Waals surface area contributed by atoms with E-state index in [-0.39, 0.29) is 35.5 Å². The molecule has 10 rings (SSSR count). The fourth-order valence-electron chi connectivity index (χ4n) is 20.1. The number of hydrogen-bond acceptors (Lipinski definition) is 8. The highest BCUT2D eigenvalue weighted by atomic mass is 32.1. The van der Waals surface area contributed by atoms with Crippen LogP contribution in [0.25, 0.3) is 63.5 Å². The third-order valence-corrected chi connectivity index (χ3v) is 34.6. The van der Waals surface area contributed by atoms with Crippen molar-refractivity contribution in [3.05, 3.63) is 69.4 Å². The summed E-state index contributed by atoms with van der Waals surface area (Å²) in [5.74, 6) is -0.448. The van der Waals surface area contributed by atoms with Gasteiger partial charge in [-0.05, 0) is 104 Å². The summed E-state index contributed by atoms with van der Waals surface area (Å²) in [4.78, 5) is 83.4. The van der Waals surface area contributed by atoms with Crippen molar-refractivity contribution in [3.63, 3.8) is 0 Å². The summed E-state index contributed by atoms with van der Waals surface area (Å²) in [5.41, 5.74) is 5.40. The van der Waals surface area contributed by atoms with E-state index in [0.717, 1.165) is 94.4 Å². The molecule has 8 nitrogen and oxygen atoms in total. The summed E-state index contributed by atoms with van der Waals surface area (Å²) >= 11 is 3.92. The average molecular weight is 1570 g/mol. The molecule has 111 heavy (non-hydrogen) atoms. The van der Waals surface area contributed by atoms with Crippen LogP contribution in [0, 0.1) is 25.7 Å². The van der Waals surface area contributed by atoms with E-state index in [1.807, 2.05) is 28.7 Å². The molecule has 0 fully saturated rings. The second-order valence-electron chi connectivity index (χ2n) is 35.6. The Hall–Kier alpha value is -4.84. The second kappa shape index (κ2) is 47.4. The molecule has 0 saturated heterocycles. The minimum absolute atomic E-state index is 0.194. The van der Waals surface area contributed by atoms with Crippen LogP contribution in [-0.4, -0.2) is 64.6 Å². The predicted molar refractivity (Wildman–Crippen MR) is 484 cm³/mol. The van der Waals surface area contributed by atoms with E-state index in [4.69, 9.17) is 9.97 Å². The minimum atomic E-state index is -2.33. The van der Waals surface area contributed by atoms with Crippen LogP contribution >= 0.6 is 22.7 Å². The maximum absolute atomic E-state index is 16.3. The zero-order valence-corrected chi connectivity index (χ0v) is 74.4. The van der Waals surface area contributed by atoms with Gasteiger partial charge in [0.25, 0.3) is 23.6 Å². The van der Waals surface area contributed by atoms with Gasteiger partial charge in [0, 0.05) is 94.0 Å². The number of thiophene rings is 2. The number of rotatable bonds is 63. The molecule has 4 amide bonds. The summed E-state index contributed by atoms with van der Waals surface area (Å²) in [6, 6.07) is 12.0. The van der Waals surface area contributed by atoms with Crippen LogP contribution in [0.1, 0.15) is 453 Å². The average Bonchev–Trinajstić information content (AvgIpc) is 1.15. The topological polar surface area (TPSA) is 101 Å². The van der Waals surface area contributed by atoms with Crippen LogP contribution in [-0.2, 0) is 0 Å². The van der Waals surface area contributed by atoms with Crippen molar-refractivity contribution in [2.24, 2.45) is 11.8 Å². The number of fused-ring (bicyclic) bond motifs is 5. The molecule has 4 aromatic heterocycles. The molecular formula is C100H152N4O4S2Si. The normalized spacial score (nSPS) is 14.5. The molecule has 0 aliphatic carbocycles. The second-order valence-corrected chi connectivity index (χ2v) is 42.2. The third kappa shape index (κ3) is 23.3. The van der Waals surface area contributed by atoms with Crippen molar-refractivity contribution in [1.29, 1.82) is 0 Å². The smallest absolute Gasteiger partial charge is 0.262 e. The molecule has 3 aromatic carbocycles. The van der Waals surface area contributed by atoms with E-state index in [1.165, 1.54) is 335 Å². The van der Waals surface area contributed by atoms with Gasteiger partial charge >= 0.3 is 0 Å². The van der Waals surface area contributed by atoms with Gasteiger partial charge in [0.05, 0.1) is 22.2 Å². The summed E-state index contributed by atoms with van der Waals surface area (Å²) in [6.07, 6.45) is 74.2. The zero-order chi connectivity index (χ0) is 78.2. The molecular weight excluding hydrogens is 1410 g/mol. The Labute approximate surface area is 684 Å². The van der Waals surface area contributed by atoms with E-state index in [1.54, 1.807) is 32.6 Å². The number of aromatic nitrogens is 2. The fourth-order valence-corrected chi connectivity index (χ4v) is 29.5. The molecule has 2 unspecified atom stereocenters. The van der Waals surface area contributed by atoms with Crippen LogP contribution in [0.2, 0.25) is 12.1 Å². The van der Waals surface area contributed by atoms with Crippen LogP contribution in [0.5, 0.6) is 0 Å². The van der Waals surface area contributed by atoms with Crippen molar-refractivity contribution >= 4 is 108 Å². The van der Waals surface area contributed by atoms with E-state index in [9.17, 15) is 0 Å². The summed E-state index contributed by atoms with van der Waals surface area (Å²) in [6.45, 7) is 19.1. The molecule has 2 atom stereocenters. The Bertz CT molecular complexity index is 3970. The number of hydrogen-bond donors (Lipinski definition) is 0. The van der Waals surface area contributed by atoms with Gasteiger partial charge in [-0.25, -0.2) is 0 Å². The lowest BCUT2D eigenvalue weighted by Gasteiger charge is -2.33. The lowest BCUT2D eigenvalue weighted by atomic mass is 9.82. The van der Waals surface area contributed by atoms with Gasteiger partial charge in [-0.2, -0.15) is 0 Å². The van der Waals surface area contributed by atoms with Gasteiger partial charge < -0.3 is 0 Å². The highest BCUT2D eigenvalue weighted by Crippen LogP contribution is 2.53. The largest absolute Gasteiger partial charge is 0.274 e. The molecule has 0 spiro atoms. The van der Waals surface area contributed by atoms with Crippen LogP contribution < -0.4 is 10.4 Å². The molecule has 7 heterocycles. The Balaban J connectivity index is 1.05. The quantitative estimate of drug-likeness (QED) is 0.0124. The number of imide groups is 2. The van der Waals surface area contributed by atoms with Crippen LogP contribution in [0.4, 0.5) is 0 Å². The van der Waals surface area contributed by atoms with Crippen molar-refractivity contribution < 1.29 is 19.2 Å². The first-order chi connectivity index (χ1) is 54.5. The zero-order valence-electron chi connectivity index (χ0n) is 71.8. The maximum atomic E-state index is 16.3. The van der Waals surface area contributed by atoms with Crippen molar-refractivity contribution in [2.75, 3.05) is 13.1 Å². The Morgan fingerprint density at radius 2 is 0.604 bits per heavy atom. The summed E-state index contributed by atoms with van der Waals surface area (Å²) < 4.78 is 0. The first kappa shape index (κ1) is 88.5. The van der Waals surface area contributed by atoms with Crippen molar-refractivity contribution in [3.8, 4) is 20.2 Å². The molecule has 0 saturated carbocycles. The van der Waals surface area contributed by atoms with E-state index in [2.05, 4.69) is 73.6 Å². The van der Waals surface area contributed by atoms with Crippen LogP contribution in [0.15, 0.2) is 36.7 Å². The van der Waals surface area contributed by atoms with Crippen molar-refractivity contribution in [1.82, 2.24) is 19.8 Å². The monoisotopic (exact) mass is 1570 g/mol. The summed E-state index contributed by atoms with van der Waals surface area (Å²) in [5, 5.41) is 7.94.